The van der Waals surface area contributed by atoms with E-state index in [4.69, 9.17) is 5.73 Å². The Balaban J connectivity index is -0.0000000283. The van der Waals surface area contributed by atoms with Crippen LogP contribution in [0.5, 0.6) is 0 Å². The van der Waals surface area contributed by atoms with E-state index in [-0.39, 0.29) is 42.1 Å². The van der Waals surface area contributed by atoms with Gasteiger partial charge in [-0.05, 0) is 12.2 Å². The number of Topliss-reactive ketones (excluding diaryl/α,β-unsaturated/α-hetero) is 1. The average Bonchev–Trinajstić information content (AvgIpc) is 3.09. The molecule has 3 rings (SSSR count). The van der Waals surface area contributed by atoms with Gasteiger partial charge in [0.25, 0.3) is 0 Å². The van der Waals surface area contributed by atoms with Gasteiger partial charge >= 0.3 is 0 Å². The summed E-state index contributed by atoms with van der Waals surface area (Å²) in [6, 6.07) is 19.2. The number of benzene rings is 2. The van der Waals surface area contributed by atoms with E-state index in [1.165, 1.54) is 11.3 Å². The molecule has 1 aromatic heterocycles. The zero-order valence-corrected chi connectivity index (χ0v) is 19.2. The summed E-state index contributed by atoms with van der Waals surface area (Å²) in [6.07, 6.45) is 0. The van der Waals surface area contributed by atoms with Crippen molar-refractivity contribution >= 4 is 72.5 Å². The summed E-state index contributed by atoms with van der Waals surface area (Å²) in [6.45, 7) is 0. The van der Waals surface area contributed by atoms with Crippen LogP contribution in [0.4, 0.5) is 5.13 Å². The van der Waals surface area contributed by atoms with Crippen molar-refractivity contribution < 1.29 is 19.1 Å². The van der Waals surface area contributed by atoms with Crippen LogP contribution in [0.3, 0.4) is 0 Å². The summed E-state index contributed by atoms with van der Waals surface area (Å²) >= 11 is 8.66. The van der Waals surface area contributed by atoms with Gasteiger partial charge in [0.2, 0.25) is 0 Å². The predicted octanol–water partition coefficient (Wildman–Crippen LogP) is 6.88. The highest BCUT2D eigenvalue weighted by atomic mass is 79.9. The maximum atomic E-state index is 11.0. The number of thiazole rings is 1. The second-order valence-corrected chi connectivity index (χ2v) is 6.68. The van der Waals surface area contributed by atoms with Crippen LogP contribution in [0, 0.1) is 0 Å². The van der Waals surface area contributed by atoms with Crippen molar-refractivity contribution in [2.45, 2.75) is 0 Å². The Morgan fingerprint density at radius 3 is 1.96 bits per heavy atom. The zero-order chi connectivity index (χ0) is 19.4. The number of thiocarbonyl (C=S) groups is 1. The maximum absolute atomic E-state index is 11.0. The molecule has 0 saturated heterocycles. The first-order valence-corrected chi connectivity index (χ1v) is 9.80. The number of carbonyl (C=O) groups is 1. The summed E-state index contributed by atoms with van der Waals surface area (Å²) in [5, 5.41) is 2.98. The highest BCUT2D eigenvalue weighted by Crippen LogP contribution is 2.22. The molecule has 0 aliphatic heterocycles. The Morgan fingerprint density at radius 2 is 1.56 bits per heavy atom. The molecule has 0 aliphatic carbocycles. The number of nitrogens with zero attached hydrogens (tertiary/aromatic N) is 1. The first-order chi connectivity index (χ1) is 12.4. The molecule has 27 heavy (non-hydrogen) atoms. The van der Waals surface area contributed by atoms with Gasteiger partial charge in [-0.15, -0.1) is 28.3 Å². The van der Waals surface area contributed by atoms with Crippen LogP contribution in [-0.4, -0.2) is 21.2 Å². The first kappa shape index (κ1) is 25.2. The number of hydrogen-bond acceptors (Lipinski definition) is 5. The van der Waals surface area contributed by atoms with E-state index in [1.807, 2.05) is 66.0 Å². The fourth-order valence-electron chi connectivity index (χ4n) is 1.73. The first-order valence-electron chi connectivity index (χ1n) is 7.39. The number of anilines is 1. The third kappa shape index (κ3) is 10.8. The van der Waals surface area contributed by atoms with Crippen LogP contribution in [0.1, 0.15) is 24.6 Å². The minimum atomic E-state index is 0. The van der Waals surface area contributed by atoms with Gasteiger partial charge in [-0.3, -0.25) is 4.79 Å². The molecular formula is C18H40Br2N4OS2. The van der Waals surface area contributed by atoms with Crippen LogP contribution in [0.2, 0.25) is 0 Å². The molecule has 5 nitrogen and oxygen atoms in total. The minimum absolute atomic E-state index is 0. The third-order valence-electron chi connectivity index (χ3n) is 2.81. The smallest absolute Gasteiger partial charge is 0.180 e. The lowest BCUT2D eigenvalue weighted by Crippen LogP contribution is -2.18. The Kier molecular flexibility index (Phi) is 13.3. The van der Waals surface area contributed by atoms with E-state index in [0.717, 1.165) is 16.8 Å². The van der Waals surface area contributed by atoms with Gasteiger partial charge in [-0.25, -0.2) is 4.98 Å². The molecule has 0 aliphatic rings. The number of hydrogen-bond donors (Lipinski definition) is 3. The largest absolute Gasteiger partial charge is 0.377 e. The number of nitrogens with two attached hydrogens (primary N) is 3. The van der Waals surface area contributed by atoms with Gasteiger partial charge in [-0.1, -0.05) is 76.6 Å². The van der Waals surface area contributed by atoms with E-state index in [1.54, 1.807) is 0 Å². The van der Waals surface area contributed by atoms with Crippen LogP contribution >= 0.6 is 56.5 Å². The number of ketones is 1. The molecule has 9 heteroatoms. The van der Waals surface area contributed by atoms with Crippen molar-refractivity contribution in [1.29, 1.82) is 0 Å². The Hall–Kier alpha value is -1.81. The number of rotatable bonds is 3. The maximum Gasteiger partial charge on any atom is 0.180 e. The second kappa shape index (κ2) is 14.3. The molecule has 164 valence electrons. The molecule has 3 aromatic rings. The highest BCUT2D eigenvalue weighted by Gasteiger charge is 2.00. The van der Waals surface area contributed by atoms with E-state index >= 15 is 0 Å². The standard InChI is InChI=1S/C9H8N2S.C8H7BrO.CH4N2S.BrH.10H2/c10-9-11-8(6-12-9)7-4-2-1-3-5-7;9-6-8(10)7-4-2-1-3-5-7;2-1(3)4;;;;;;;;;;;/h1-6H,(H2,10,11);1-5H,6H2;(H4,2,3,4);11*1H. The van der Waals surface area contributed by atoms with Crippen molar-refractivity contribution in [3.8, 4) is 11.3 Å². The van der Waals surface area contributed by atoms with Gasteiger partial charge in [0.15, 0.2) is 16.0 Å². The lowest BCUT2D eigenvalue weighted by Gasteiger charge is -1.92. The second-order valence-electron chi connectivity index (χ2n) is 4.76. The van der Waals surface area contributed by atoms with Gasteiger partial charge in [0.1, 0.15) is 0 Å². The van der Waals surface area contributed by atoms with Crippen LogP contribution < -0.4 is 17.2 Å². The molecule has 0 fully saturated rings. The highest BCUT2D eigenvalue weighted by molar-refractivity contribution is 9.09. The molecule has 1 heterocycles. The van der Waals surface area contributed by atoms with Crippen LogP contribution in [0.15, 0.2) is 66.0 Å². The van der Waals surface area contributed by atoms with Gasteiger partial charge < -0.3 is 17.2 Å². The minimum Gasteiger partial charge on any atom is -0.377 e. The van der Waals surface area contributed by atoms with Crippen molar-refractivity contribution in [3.05, 3.63) is 71.6 Å². The predicted molar refractivity (Wildman–Crippen MR) is 149 cm³/mol. The van der Waals surface area contributed by atoms with Gasteiger partial charge in [0.05, 0.1) is 11.0 Å². The molecule has 2 aromatic carbocycles. The molecule has 6 N–H and O–H groups in total. The summed E-state index contributed by atoms with van der Waals surface area (Å²) in [5.41, 5.74) is 17.6. The molecule has 0 atom stereocenters. The van der Waals surface area contributed by atoms with E-state index in [2.05, 4.69) is 44.6 Å². The van der Waals surface area contributed by atoms with Crippen molar-refractivity contribution in [3.63, 3.8) is 0 Å². The van der Waals surface area contributed by atoms with E-state index in [9.17, 15) is 4.79 Å². The quantitative estimate of drug-likeness (QED) is 0.186. The van der Waals surface area contributed by atoms with Crippen molar-refractivity contribution in [1.82, 2.24) is 4.98 Å². The summed E-state index contributed by atoms with van der Waals surface area (Å²) in [4.78, 5) is 15.1. The summed E-state index contributed by atoms with van der Waals surface area (Å²) in [5.74, 6) is 0.126. The van der Waals surface area contributed by atoms with E-state index < -0.39 is 0 Å². The molecule has 0 radical (unpaired) electrons. The van der Waals surface area contributed by atoms with Crippen LogP contribution in [0.25, 0.3) is 11.3 Å². The van der Waals surface area contributed by atoms with Gasteiger partial charge in [-0.2, -0.15) is 0 Å². The Morgan fingerprint density at radius 1 is 1.07 bits per heavy atom. The van der Waals surface area contributed by atoms with Gasteiger partial charge in [0, 0.05) is 30.8 Å². The molecule has 0 amide bonds. The normalized spacial score (nSPS) is 8.78. The Bertz CT molecular complexity index is 842. The van der Waals surface area contributed by atoms with Crippen LogP contribution in [-0.2, 0) is 0 Å². The number of carbonyl (C=O) groups excluding carboxylic acids is 1. The lowest BCUT2D eigenvalue weighted by atomic mass is 10.2. The monoisotopic (exact) mass is 550 g/mol. The number of aromatic nitrogens is 1. The molecular weight excluding hydrogens is 512 g/mol. The molecule has 0 saturated carbocycles. The number of nitrogen functional groups attached to an aromatic ring is 1. The fourth-order valence-corrected chi connectivity index (χ4v) is 2.63. The van der Waals surface area contributed by atoms with Crippen molar-refractivity contribution in [2.24, 2.45) is 11.5 Å². The van der Waals surface area contributed by atoms with Crippen molar-refractivity contribution in [2.75, 3.05) is 11.1 Å². The average molecular weight is 552 g/mol. The van der Waals surface area contributed by atoms with E-state index in [0.29, 0.717) is 10.5 Å². The number of alkyl halides is 1. The zero-order valence-electron chi connectivity index (χ0n) is 14.2. The molecule has 0 spiro atoms. The molecule has 0 bridgehead atoms. The lowest BCUT2D eigenvalue weighted by molar-refractivity contribution is 0.102. The summed E-state index contributed by atoms with van der Waals surface area (Å²) in [7, 11) is 0. The molecule has 0 unspecified atom stereocenters. The number of halogens is 2. The SMILES string of the molecule is Br.NC(N)=S.Nc1nc(-c2ccccc2)cs1.O=C(CBr)c1ccccc1.[HH].[HH].[HH].[HH].[HH].[HH].[HH].[HH].[HH].[HH]. The fraction of sp³-hybridized carbons (Fsp3) is 0.0556. The third-order valence-corrected chi connectivity index (χ3v) is 3.99. The Labute approximate surface area is 201 Å². The summed E-state index contributed by atoms with van der Waals surface area (Å²) < 4.78 is 0. The topological polar surface area (TPSA) is 108 Å².